The molecule has 39 heavy (non-hydrogen) atoms. The molecule has 198 valence electrons. The fourth-order valence-corrected chi connectivity index (χ4v) is 4.93. The van der Waals surface area contributed by atoms with Crippen molar-refractivity contribution in [2.75, 3.05) is 25.2 Å². The summed E-state index contributed by atoms with van der Waals surface area (Å²) in [5.41, 5.74) is 4.72. The monoisotopic (exact) mass is 546 g/mol. The highest BCUT2D eigenvalue weighted by molar-refractivity contribution is 6.35. The molecule has 1 aliphatic heterocycles. The molecule has 0 fully saturated rings. The van der Waals surface area contributed by atoms with E-state index in [1.165, 1.54) is 4.90 Å². The summed E-state index contributed by atoms with van der Waals surface area (Å²) in [5.74, 6) is 1.85. The van der Waals surface area contributed by atoms with Gasteiger partial charge < -0.3 is 23.7 Å². The number of hydrogen-bond acceptors (Lipinski definition) is 8. The van der Waals surface area contributed by atoms with Gasteiger partial charge in [-0.2, -0.15) is 0 Å². The summed E-state index contributed by atoms with van der Waals surface area (Å²) in [4.78, 5) is 26.4. The second-order valence-corrected chi connectivity index (χ2v) is 9.64. The molecule has 10 nitrogen and oxygen atoms in total. The maximum absolute atomic E-state index is 12.0. The van der Waals surface area contributed by atoms with Gasteiger partial charge >= 0.3 is 6.09 Å². The third kappa shape index (κ3) is 4.52. The van der Waals surface area contributed by atoms with Crippen LogP contribution in [0.25, 0.3) is 33.3 Å². The van der Waals surface area contributed by atoms with Gasteiger partial charge in [0.25, 0.3) is 0 Å². The third-order valence-corrected chi connectivity index (χ3v) is 6.72. The largest absolute Gasteiger partial charge is 0.485 e. The van der Waals surface area contributed by atoms with Gasteiger partial charge in [0.05, 0.1) is 47.0 Å². The molecule has 0 bridgehead atoms. The van der Waals surface area contributed by atoms with Crippen molar-refractivity contribution in [3.63, 3.8) is 0 Å². The Morgan fingerprint density at radius 1 is 1.21 bits per heavy atom. The predicted octanol–water partition coefficient (Wildman–Crippen LogP) is 6.04. The topological polar surface area (TPSA) is 120 Å². The number of halogens is 1. The molecule has 2 aromatic carbocycles. The van der Waals surface area contributed by atoms with E-state index in [2.05, 4.69) is 15.0 Å². The zero-order valence-electron chi connectivity index (χ0n) is 21.3. The number of amides is 1. The number of nitrogens with zero attached hydrogens (tertiary/aromatic N) is 4. The van der Waals surface area contributed by atoms with Gasteiger partial charge in [0.1, 0.15) is 12.4 Å². The van der Waals surface area contributed by atoms with Crippen LogP contribution in [0, 0.1) is 13.8 Å². The number of anilines is 1. The highest BCUT2D eigenvalue weighted by Crippen LogP contribution is 2.46. The Hall–Kier alpha value is -4.57. The van der Waals surface area contributed by atoms with Crippen molar-refractivity contribution in [3.8, 4) is 28.7 Å². The van der Waals surface area contributed by atoms with Crippen molar-refractivity contribution in [1.82, 2.24) is 15.0 Å². The van der Waals surface area contributed by atoms with Crippen molar-refractivity contribution in [1.29, 1.82) is 0 Å². The number of carbonyl (C=O) groups is 1. The lowest BCUT2D eigenvalue weighted by Crippen LogP contribution is -2.43. The number of aryl methyl sites for hydroxylation is 2. The lowest BCUT2D eigenvalue weighted by molar-refractivity contribution is 0.0960. The summed E-state index contributed by atoms with van der Waals surface area (Å²) in [6.07, 6.45) is 1.46. The van der Waals surface area contributed by atoms with Gasteiger partial charge in [-0.1, -0.05) is 11.6 Å². The molecule has 0 spiro atoms. The zero-order valence-corrected chi connectivity index (χ0v) is 22.0. The van der Waals surface area contributed by atoms with Crippen LogP contribution in [0.1, 0.15) is 11.3 Å². The van der Waals surface area contributed by atoms with Crippen molar-refractivity contribution >= 4 is 45.4 Å². The molecule has 1 aliphatic rings. The van der Waals surface area contributed by atoms with Crippen molar-refractivity contribution < 1.29 is 28.5 Å². The van der Waals surface area contributed by atoms with Crippen LogP contribution in [0.5, 0.6) is 17.4 Å². The molecular formula is C28H23ClN4O6. The summed E-state index contributed by atoms with van der Waals surface area (Å²) in [5, 5.41) is 10.8. The van der Waals surface area contributed by atoms with E-state index in [9.17, 15) is 9.90 Å². The summed E-state index contributed by atoms with van der Waals surface area (Å²) >= 11 is 6.62. The van der Waals surface area contributed by atoms with Crippen LogP contribution in [0.3, 0.4) is 0 Å². The number of aromatic nitrogens is 3. The third-order valence-electron chi connectivity index (χ3n) is 6.43. The Balaban J connectivity index is 1.35. The van der Waals surface area contributed by atoms with Gasteiger partial charge in [-0.15, -0.1) is 0 Å². The van der Waals surface area contributed by atoms with E-state index in [0.717, 1.165) is 11.1 Å². The minimum absolute atomic E-state index is 0.0575. The summed E-state index contributed by atoms with van der Waals surface area (Å²) in [6.45, 7) is 3.96. The predicted molar refractivity (Wildman–Crippen MR) is 145 cm³/mol. The standard InChI is InChI=1S/C28H23ClN4O6/c1-14-6-18(25-21(7-14)32-24(36-3)11-31-25)22-9-19-26(39-22)20(29)10-23-27(19)37-13-17(38-23)12-33(28(34)35)16-4-5-30-15(2)8-16/h4-11,17H,12-13H2,1-3H3,(H,34,35). The molecule has 3 aromatic heterocycles. The van der Waals surface area contributed by atoms with Crippen LogP contribution in [0.15, 0.2) is 53.2 Å². The highest BCUT2D eigenvalue weighted by atomic mass is 35.5. The maximum atomic E-state index is 12.0. The van der Waals surface area contributed by atoms with Crippen molar-refractivity contribution in [3.05, 3.63) is 65.1 Å². The van der Waals surface area contributed by atoms with E-state index < -0.39 is 12.2 Å². The van der Waals surface area contributed by atoms with E-state index in [1.807, 2.05) is 25.1 Å². The number of methoxy groups -OCH3 is 1. The number of benzene rings is 2. The summed E-state index contributed by atoms with van der Waals surface area (Å²) < 4.78 is 23.7. The van der Waals surface area contributed by atoms with Crippen LogP contribution in [-0.2, 0) is 0 Å². The van der Waals surface area contributed by atoms with E-state index in [4.69, 9.17) is 30.2 Å². The fourth-order valence-electron chi connectivity index (χ4n) is 4.70. The molecule has 5 aromatic rings. The average Bonchev–Trinajstić information content (AvgIpc) is 3.37. The SMILES string of the molecule is COc1cnc2c(-c3cc4c5c(cc(Cl)c4o3)OC(CN(C(=O)O)c3ccnc(C)c3)CO5)cc(C)cc2n1. The Morgan fingerprint density at radius 2 is 2.05 bits per heavy atom. The van der Waals surface area contributed by atoms with Crippen LogP contribution in [0.2, 0.25) is 5.02 Å². The number of hydrogen-bond donors (Lipinski definition) is 1. The van der Waals surface area contributed by atoms with Crippen LogP contribution >= 0.6 is 11.6 Å². The minimum atomic E-state index is -1.10. The second kappa shape index (κ2) is 9.63. The van der Waals surface area contributed by atoms with Gasteiger partial charge in [-0.25, -0.2) is 14.8 Å². The molecule has 0 saturated carbocycles. The molecule has 0 aliphatic carbocycles. The fraction of sp³-hybridized carbons (Fsp3) is 0.214. The first-order chi connectivity index (χ1) is 18.8. The maximum Gasteiger partial charge on any atom is 0.411 e. The first kappa shape index (κ1) is 24.7. The molecule has 4 heterocycles. The van der Waals surface area contributed by atoms with Crippen LogP contribution in [0.4, 0.5) is 10.5 Å². The molecule has 11 heteroatoms. The van der Waals surface area contributed by atoms with Gasteiger partial charge in [0, 0.05) is 23.5 Å². The molecule has 0 radical (unpaired) electrons. The Morgan fingerprint density at radius 3 is 2.82 bits per heavy atom. The van der Waals surface area contributed by atoms with Gasteiger partial charge in [0.15, 0.2) is 23.2 Å². The number of fused-ring (bicyclic) bond motifs is 4. The van der Waals surface area contributed by atoms with Crippen LogP contribution < -0.4 is 19.1 Å². The molecule has 1 amide bonds. The van der Waals surface area contributed by atoms with E-state index in [0.29, 0.717) is 61.5 Å². The number of carboxylic acid groups (broad SMARTS) is 1. The number of ether oxygens (including phenoxy) is 3. The normalized spacial score (nSPS) is 14.5. The lowest BCUT2D eigenvalue weighted by atomic mass is 10.1. The summed E-state index contributed by atoms with van der Waals surface area (Å²) in [6, 6.07) is 10.7. The van der Waals surface area contributed by atoms with E-state index in [-0.39, 0.29) is 13.2 Å². The second-order valence-electron chi connectivity index (χ2n) is 9.23. The number of furan rings is 1. The quantitative estimate of drug-likeness (QED) is 0.281. The molecule has 1 N–H and O–H groups in total. The highest BCUT2D eigenvalue weighted by Gasteiger charge is 2.30. The molecule has 1 atom stereocenters. The first-order valence-electron chi connectivity index (χ1n) is 12.1. The Kier molecular flexibility index (Phi) is 6.11. The zero-order chi connectivity index (χ0) is 27.3. The number of pyridine rings is 1. The average molecular weight is 547 g/mol. The van der Waals surface area contributed by atoms with Crippen molar-refractivity contribution in [2.24, 2.45) is 0 Å². The lowest BCUT2D eigenvalue weighted by Gasteiger charge is -2.30. The van der Waals surface area contributed by atoms with E-state index in [1.54, 1.807) is 44.6 Å². The minimum Gasteiger partial charge on any atom is -0.485 e. The van der Waals surface area contributed by atoms with Gasteiger partial charge in [-0.3, -0.25) is 9.88 Å². The van der Waals surface area contributed by atoms with E-state index >= 15 is 0 Å². The number of rotatable bonds is 5. The smallest absolute Gasteiger partial charge is 0.411 e. The molecular weight excluding hydrogens is 524 g/mol. The van der Waals surface area contributed by atoms with Crippen LogP contribution in [-0.4, -0.2) is 52.5 Å². The molecule has 1 unspecified atom stereocenters. The Bertz CT molecular complexity index is 1750. The summed E-state index contributed by atoms with van der Waals surface area (Å²) in [7, 11) is 1.54. The van der Waals surface area contributed by atoms with Gasteiger partial charge in [-0.05, 0) is 49.7 Å². The van der Waals surface area contributed by atoms with Crippen molar-refractivity contribution in [2.45, 2.75) is 20.0 Å². The first-order valence-corrected chi connectivity index (χ1v) is 12.5. The molecule has 0 saturated heterocycles. The van der Waals surface area contributed by atoms with Gasteiger partial charge in [0.2, 0.25) is 5.88 Å². The Labute approximate surface area is 227 Å². The molecule has 6 rings (SSSR count).